The maximum atomic E-state index is 12.6. The number of rotatable bonds is 11. The van der Waals surface area contributed by atoms with E-state index in [1.807, 2.05) is 67.6 Å². The van der Waals surface area contributed by atoms with Crippen LogP contribution in [0.2, 0.25) is 0 Å². The summed E-state index contributed by atoms with van der Waals surface area (Å²) in [4.78, 5) is 30.8. The summed E-state index contributed by atoms with van der Waals surface area (Å²) in [7, 11) is 1.50. The van der Waals surface area contributed by atoms with Crippen LogP contribution < -0.4 is 11.1 Å². The summed E-state index contributed by atoms with van der Waals surface area (Å²) in [6.45, 7) is 2.18. The van der Waals surface area contributed by atoms with Gasteiger partial charge in [-0.3, -0.25) is 9.59 Å². The molecule has 174 valence electrons. The topological polar surface area (TPSA) is 103 Å². The Morgan fingerprint density at radius 1 is 1.18 bits per heavy atom. The highest BCUT2D eigenvalue weighted by Crippen LogP contribution is 2.32. The van der Waals surface area contributed by atoms with Crippen LogP contribution >= 0.6 is 0 Å². The van der Waals surface area contributed by atoms with Gasteiger partial charge in [0.25, 0.3) is 0 Å². The van der Waals surface area contributed by atoms with Gasteiger partial charge in [-0.1, -0.05) is 59.8 Å². The Balaban J connectivity index is 1.60. The molecule has 1 heterocycles. The van der Waals surface area contributed by atoms with E-state index in [0.717, 1.165) is 16.7 Å². The molecule has 0 saturated heterocycles. The maximum Gasteiger partial charge on any atom is 0.224 e. The van der Waals surface area contributed by atoms with Crippen molar-refractivity contribution in [2.45, 2.75) is 38.2 Å². The Labute approximate surface area is 194 Å². The van der Waals surface area contributed by atoms with Crippen LogP contribution in [0.5, 0.6) is 0 Å². The lowest BCUT2D eigenvalue weighted by Crippen LogP contribution is -2.37. The summed E-state index contributed by atoms with van der Waals surface area (Å²) in [5.41, 5.74) is 9.39. The number of ether oxygens (including phenoxy) is 1. The number of benzene rings is 2. The molecule has 3 N–H and O–H groups in total. The number of methoxy groups -OCH3 is 1. The van der Waals surface area contributed by atoms with Crippen LogP contribution in [0.25, 0.3) is 5.57 Å². The molecule has 0 aliphatic carbocycles. The molecule has 0 bridgehead atoms. The molecule has 0 saturated carbocycles. The van der Waals surface area contributed by atoms with Crippen molar-refractivity contribution in [3.05, 3.63) is 71.8 Å². The van der Waals surface area contributed by atoms with Gasteiger partial charge in [-0.2, -0.15) is 0 Å². The monoisotopic (exact) mass is 449 g/mol. The number of nitrogen functional groups attached to an aromatic ring is 1. The van der Waals surface area contributed by atoms with E-state index >= 15 is 0 Å². The summed E-state index contributed by atoms with van der Waals surface area (Å²) in [6.07, 6.45) is 3.29. The number of carbonyl (C=O) groups is 2. The predicted molar refractivity (Wildman–Crippen MR) is 130 cm³/mol. The highest BCUT2D eigenvalue weighted by atomic mass is 16.7. The number of nitrogens with two attached hydrogens (primary N) is 1. The zero-order chi connectivity index (χ0) is 23.7. The van der Waals surface area contributed by atoms with Crippen molar-refractivity contribution in [3.63, 3.8) is 0 Å². The van der Waals surface area contributed by atoms with Gasteiger partial charge < -0.3 is 20.6 Å². The van der Waals surface area contributed by atoms with Gasteiger partial charge in [-0.15, -0.1) is 0 Å². The largest absolute Gasteiger partial charge is 0.398 e. The second kappa shape index (κ2) is 11.4. The summed E-state index contributed by atoms with van der Waals surface area (Å²) in [6, 6.07) is 17.3. The fourth-order valence-electron chi connectivity index (χ4n) is 4.06. The molecule has 33 heavy (non-hydrogen) atoms. The normalized spacial score (nSPS) is 17.9. The number of Topliss-reactive ketones (excluding diaryl/α,β-unsaturated/α-hetero) is 1. The molecule has 3 rings (SSSR count). The van der Waals surface area contributed by atoms with Gasteiger partial charge in [-0.25, -0.2) is 0 Å². The van der Waals surface area contributed by atoms with Crippen molar-refractivity contribution < 1.29 is 19.2 Å². The van der Waals surface area contributed by atoms with E-state index in [2.05, 4.69) is 10.5 Å². The fourth-order valence-corrected chi connectivity index (χ4v) is 4.06. The van der Waals surface area contributed by atoms with Crippen molar-refractivity contribution in [2.75, 3.05) is 26.0 Å². The number of ketones is 1. The third-order valence-corrected chi connectivity index (χ3v) is 5.58. The standard InChI is InChI=1S/C26H31N3O4/c1-3-20(23-11-7-8-12-24(23)27)13-25(31)28-17-21-15-26(33-29-21,16-22(30)18-32-2)14-19-9-5-4-6-10-19/h3-12H,13-18,27H2,1-2H3,(H,28,31)/b20-3-. The smallest absolute Gasteiger partial charge is 0.224 e. The van der Waals surface area contributed by atoms with Crippen LogP contribution in [-0.2, 0) is 25.6 Å². The Bertz CT molecular complexity index is 1030. The summed E-state index contributed by atoms with van der Waals surface area (Å²) in [5.74, 6) is -0.183. The lowest BCUT2D eigenvalue weighted by molar-refractivity contribution is -0.129. The number of nitrogens with zero attached hydrogens (tertiary/aromatic N) is 1. The lowest BCUT2D eigenvalue weighted by atomic mass is 9.85. The molecule has 0 fully saturated rings. The molecule has 1 atom stereocenters. The van der Waals surface area contributed by atoms with Crippen LogP contribution in [0.4, 0.5) is 5.69 Å². The zero-order valence-electron chi connectivity index (χ0n) is 19.2. The third kappa shape index (κ3) is 6.76. The van der Waals surface area contributed by atoms with Gasteiger partial charge in [0.2, 0.25) is 5.91 Å². The molecule has 2 aromatic carbocycles. The maximum absolute atomic E-state index is 12.6. The minimum absolute atomic E-state index is 0.0285. The number of hydrogen-bond acceptors (Lipinski definition) is 6. The van der Waals surface area contributed by atoms with Crippen LogP contribution in [0.1, 0.15) is 37.3 Å². The molecule has 1 aliphatic rings. The highest BCUT2D eigenvalue weighted by Gasteiger charge is 2.41. The summed E-state index contributed by atoms with van der Waals surface area (Å²) >= 11 is 0. The number of hydrogen-bond donors (Lipinski definition) is 2. The number of allylic oxidation sites excluding steroid dienone is 1. The predicted octanol–water partition coefficient (Wildman–Crippen LogP) is 3.54. The van der Waals surface area contributed by atoms with Crippen LogP contribution in [0.15, 0.2) is 65.8 Å². The molecule has 7 heteroatoms. The van der Waals surface area contributed by atoms with Gasteiger partial charge in [0.1, 0.15) is 6.61 Å². The number of anilines is 1. The van der Waals surface area contributed by atoms with Crippen molar-refractivity contribution >= 4 is 28.7 Å². The lowest BCUT2D eigenvalue weighted by Gasteiger charge is -2.26. The van der Waals surface area contributed by atoms with E-state index in [1.54, 1.807) is 0 Å². The van der Waals surface area contributed by atoms with Gasteiger partial charge in [-0.05, 0) is 24.1 Å². The Morgan fingerprint density at radius 3 is 2.61 bits per heavy atom. The second-order valence-electron chi connectivity index (χ2n) is 8.27. The van der Waals surface area contributed by atoms with Gasteiger partial charge in [0.15, 0.2) is 11.4 Å². The van der Waals surface area contributed by atoms with Crippen LogP contribution in [0, 0.1) is 0 Å². The van der Waals surface area contributed by atoms with E-state index in [-0.39, 0.29) is 37.7 Å². The number of carbonyl (C=O) groups excluding carboxylic acids is 2. The summed E-state index contributed by atoms with van der Waals surface area (Å²) < 4.78 is 4.99. The average molecular weight is 450 g/mol. The number of amides is 1. The van der Waals surface area contributed by atoms with Gasteiger partial charge in [0.05, 0.1) is 25.1 Å². The van der Waals surface area contributed by atoms with Crippen molar-refractivity contribution in [2.24, 2.45) is 5.16 Å². The number of nitrogens with one attached hydrogen (secondary N) is 1. The highest BCUT2D eigenvalue weighted by molar-refractivity contribution is 5.95. The second-order valence-corrected chi connectivity index (χ2v) is 8.27. The molecular formula is C26H31N3O4. The first-order chi connectivity index (χ1) is 15.9. The minimum atomic E-state index is -0.774. The van der Waals surface area contributed by atoms with E-state index in [4.69, 9.17) is 15.3 Å². The van der Waals surface area contributed by atoms with Crippen molar-refractivity contribution in [3.8, 4) is 0 Å². The molecule has 1 aliphatic heterocycles. The first-order valence-electron chi connectivity index (χ1n) is 11.0. The minimum Gasteiger partial charge on any atom is -0.398 e. The van der Waals surface area contributed by atoms with E-state index in [9.17, 15) is 9.59 Å². The van der Waals surface area contributed by atoms with Crippen molar-refractivity contribution in [1.29, 1.82) is 0 Å². The average Bonchev–Trinajstić information content (AvgIpc) is 3.19. The Kier molecular flexibility index (Phi) is 8.38. The third-order valence-electron chi connectivity index (χ3n) is 5.58. The molecule has 0 spiro atoms. The van der Waals surface area contributed by atoms with Crippen LogP contribution in [0.3, 0.4) is 0 Å². The molecule has 2 aromatic rings. The quantitative estimate of drug-likeness (QED) is 0.511. The fraction of sp³-hybridized carbons (Fsp3) is 0.346. The van der Waals surface area contributed by atoms with E-state index < -0.39 is 5.60 Å². The van der Waals surface area contributed by atoms with Gasteiger partial charge in [0, 0.05) is 31.2 Å². The molecule has 1 unspecified atom stereocenters. The van der Waals surface area contributed by atoms with Crippen molar-refractivity contribution in [1.82, 2.24) is 5.32 Å². The Morgan fingerprint density at radius 2 is 1.91 bits per heavy atom. The van der Waals surface area contributed by atoms with E-state index in [1.165, 1.54) is 7.11 Å². The number of para-hydroxylation sites is 1. The van der Waals surface area contributed by atoms with E-state index in [0.29, 0.717) is 24.2 Å². The molecule has 1 amide bonds. The van der Waals surface area contributed by atoms with Crippen LogP contribution in [-0.4, -0.2) is 43.3 Å². The Hall–Kier alpha value is -3.45. The first-order valence-corrected chi connectivity index (χ1v) is 11.0. The van der Waals surface area contributed by atoms with Gasteiger partial charge >= 0.3 is 0 Å². The zero-order valence-corrected chi connectivity index (χ0v) is 19.2. The molecule has 7 nitrogen and oxygen atoms in total. The molecule has 0 radical (unpaired) electrons. The SMILES string of the molecule is C/C=C(/CC(=O)NCC1=NOC(CC(=O)COC)(Cc2ccccc2)C1)c1ccccc1N. The number of oxime groups is 1. The first kappa shape index (κ1) is 24.2. The molecular weight excluding hydrogens is 418 g/mol. The summed E-state index contributed by atoms with van der Waals surface area (Å²) in [5, 5.41) is 7.13. The molecule has 0 aromatic heterocycles.